The van der Waals surface area contributed by atoms with Crippen LogP contribution in [0.5, 0.6) is 5.75 Å². The fourth-order valence-corrected chi connectivity index (χ4v) is 3.01. The van der Waals surface area contributed by atoms with Gasteiger partial charge in [-0.25, -0.2) is 0 Å². The third-order valence-electron chi connectivity index (χ3n) is 3.89. The minimum atomic E-state index is 0. The third-order valence-corrected chi connectivity index (χ3v) is 3.89. The van der Waals surface area contributed by atoms with Crippen molar-refractivity contribution in [2.24, 2.45) is 0 Å². The predicted octanol–water partition coefficient (Wildman–Crippen LogP) is 4.47. The van der Waals surface area contributed by atoms with Crippen LogP contribution in [0.15, 0.2) is 36.4 Å². The molecule has 0 saturated carbocycles. The van der Waals surface area contributed by atoms with Crippen molar-refractivity contribution in [3.8, 4) is 5.75 Å². The maximum absolute atomic E-state index is 5.86. The molecule has 1 aliphatic heterocycles. The van der Waals surface area contributed by atoms with Gasteiger partial charge in [-0.2, -0.15) is 0 Å². The van der Waals surface area contributed by atoms with E-state index in [2.05, 4.69) is 41.7 Å². The van der Waals surface area contributed by atoms with Crippen LogP contribution >= 0.6 is 12.4 Å². The first-order valence-electron chi connectivity index (χ1n) is 7.28. The molecule has 1 fully saturated rings. The Labute approximate surface area is 126 Å². The Morgan fingerprint density at radius 1 is 1.15 bits per heavy atom. The standard InChI is InChI=1S/C17H21NO.ClH/c1-2-19-16-11-10-13-7-3-4-8-14(13)17(16)15-9-5-6-12-18-15;/h3-4,7-8,10-11,15,18H,2,5-6,9,12H2,1H3;1H/t15-;/m1./s1. The molecular weight excluding hydrogens is 270 g/mol. The van der Waals surface area contributed by atoms with Gasteiger partial charge in [-0.1, -0.05) is 36.8 Å². The Kier molecular flexibility index (Phi) is 5.27. The van der Waals surface area contributed by atoms with Crippen LogP contribution in [0.2, 0.25) is 0 Å². The number of hydrogen-bond donors (Lipinski definition) is 1. The first-order chi connectivity index (χ1) is 9.40. The minimum Gasteiger partial charge on any atom is -0.494 e. The van der Waals surface area contributed by atoms with Crippen molar-refractivity contribution in [1.29, 1.82) is 0 Å². The molecule has 1 saturated heterocycles. The number of ether oxygens (including phenoxy) is 1. The monoisotopic (exact) mass is 291 g/mol. The Balaban J connectivity index is 0.00000147. The number of rotatable bonds is 3. The molecule has 0 aliphatic carbocycles. The van der Waals surface area contributed by atoms with Crippen molar-refractivity contribution in [3.63, 3.8) is 0 Å². The molecule has 3 rings (SSSR count). The lowest BCUT2D eigenvalue weighted by atomic mass is 9.92. The van der Waals surface area contributed by atoms with Crippen molar-refractivity contribution in [3.05, 3.63) is 42.0 Å². The van der Waals surface area contributed by atoms with Crippen LogP contribution in [-0.2, 0) is 0 Å². The van der Waals surface area contributed by atoms with Crippen LogP contribution in [0.4, 0.5) is 0 Å². The summed E-state index contributed by atoms with van der Waals surface area (Å²) in [6.07, 6.45) is 3.78. The van der Waals surface area contributed by atoms with E-state index < -0.39 is 0 Å². The van der Waals surface area contributed by atoms with Gasteiger partial charge in [-0.3, -0.25) is 0 Å². The number of nitrogens with one attached hydrogen (secondary N) is 1. The van der Waals surface area contributed by atoms with E-state index in [9.17, 15) is 0 Å². The number of halogens is 1. The van der Waals surface area contributed by atoms with E-state index in [1.54, 1.807) is 0 Å². The SMILES string of the molecule is CCOc1ccc2ccccc2c1[C@H]1CCCCN1.Cl. The van der Waals surface area contributed by atoms with Gasteiger partial charge in [0.25, 0.3) is 0 Å². The summed E-state index contributed by atoms with van der Waals surface area (Å²) in [7, 11) is 0. The first-order valence-corrected chi connectivity index (χ1v) is 7.28. The smallest absolute Gasteiger partial charge is 0.124 e. The zero-order valence-electron chi connectivity index (χ0n) is 11.9. The molecule has 0 bridgehead atoms. The highest BCUT2D eigenvalue weighted by Gasteiger charge is 2.21. The van der Waals surface area contributed by atoms with Gasteiger partial charge < -0.3 is 10.1 Å². The largest absolute Gasteiger partial charge is 0.494 e. The molecule has 0 radical (unpaired) electrons. The quantitative estimate of drug-likeness (QED) is 0.900. The normalized spacial score (nSPS) is 18.6. The maximum atomic E-state index is 5.86. The molecule has 2 aromatic rings. The van der Waals surface area contributed by atoms with Crippen molar-refractivity contribution in [2.45, 2.75) is 32.2 Å². The van der Waals surface area contributed by atoms with E-state index in [1.165, 1.54) is 35.6 Å². The Bertz CT molecular complexity index is 564. The number of fused-ring (bicyclic) bond motifs is 1. The molecule has 1 atom stereocenters. The molecule has 3 heteroatoms. The average molecular weight is 292 g/mol. The number of piperidine rings is 1. The minimum absolute atomic E-state index is 0. The topological polar surface area (TPSA) is 21.3 Å². The Morgan fingerprint density at radius 2 is 2.00 bits per heavy atom. The van der Waals surface area contributed by atoms with E-state index in [0.29, 0.717) is 6.04 Å². The van der Waals surface area contributed by atoms with Crippen LogP contribution in [0.1, 0.15) is 37.8 Å². The number of hydrogen-bond acceptors (Lipinski definition) is 2. The van der Waals surface area contributed by atoms with Crippen molar-refractivity contribution in [2.75, 3.05) is 13.2 Å². The molecule has 0 amide bonds. The highest BCUT2D eigenvalue weighted by atomic mass is 35.5. The lowest BCUT2D eigenvalue weighted by Crippen LogP contribution is -2.27. The predicted molar refractivity (Wildman–Crippen MR) is 87.0 cm³/mol. The van der Waals surface area contributed by atoms with Gasteiger partial charge in [-0.15, -0.1) is 12.4 Å². The highest BCUT2D eigenvalue weighted by molar-refractivity contribution is 5.88. The van der Waals surface area contributed by atoms with Gasteiger partial charge in [0.2, 0.25) is 0 Å². The molecule has 1 N–H and O–H groups in total. The lowest BCUT2D eigenvalue weighted by Gasteiger charge is -2.27. The summed E-state index contributed by atoms with van der Waals surface area (Å²) in [6, 6.07) is 13.3. The van der Waals surface area contributed by atoms with E-state index in [4.69, 9.17) is 4.74 Å². The van der Waals surface area contributed by atoms with Gasteiger partial charge in [0.15, 0.2) is 0 Å². The highest BCUT2D eigenvalue weighted by Crippen LogP contribution is 2.36. The van der Waals surface area contributed by atoms with Gasteiger partial charge in [0, 0.05) is 11.6 Å². The van der Waals surface area contributed by atoms with E-state index in [-0.39, 0.29) is 12.4 Å². The van der Waals surface area contributed by atoms with Gasteiger partial charge in [-0.05, 0) is 43.1 Å². The molecule has 108 valence electrons. The second kappa shape index (κ2) is 6.96. The molecule has 0 aromatic heterocycles. The maximum Gasteiger partial charge on any atom is 0.124 e. The summed E-state index contributed by atoms with van der Waals surface area (Å²) in [6.45, 7) is 3.88. The van der Waals surface area contributed by atoms with Crippen LogP contribution in [0.3, 0.4) is 0 Å². The van der Waals surface area contributed by atoms with Crippen LogP contribution < -0.4 is 10.1 Å². The van der Waals surface area contributed by atoms with E-state index in [0.717, 1.165) is 18.9 Å². The third kappa shape index (κ3) is 2.92. The molecule has 2 nitrogen and oxygen atoms in total. The molecule has 0 spiro atoms. The summed E-state index contributed by atoms with van der Waals surface area (Å²) in [5, 5.41) is 6.27. The Hall–Kier alpha value is -1.25. The zero-order chi connectivity index (χ0) is 13.1. The molecule has 1 heterocycles. The Morgan fingerprint density at radius 3 is 2.75 bits per heavy atom. The fraction of sp³-hybridized carbons (Fsp3) is 0.412. The summed E-state index contributed by atoms with van der Waals surface area (Å²) in [5.74, 6) is 1.04. The second-order valence-corrected chi connectivity index (χ2v) is 5.13. The molecule has 2 aromatic carbocycles. The van der Waals surface area contributed by atoms with E-state index >= 15 is 0 Å². The molecule has 0 unspecified atom stereocenters. The summed E-state index contributed by atoms with van der Waals surface area (Å²) < 4.78 is 5.86. The van der Waals surface area contributed by atoms with Crippen LogP contribution in [0, 0.1) is 0 Å². The lowest BCUT2D eigenvalue weighted by molar-refractivity contribution is 0.325. The fourth-order valence-electron chi connectivity index (χ4n) is 3.01. The van der Waals surface area contributed by atoms with Crippen LogP contribution in [-0.4, -0.2) is 13.2 Å². The summed E-state index contributed by atoms with van der Waals surface area (Å²) >= 11 is 0. The summed E-state index contributed by atoms with van der Waals surface area (Å²) in [4.78, 5) is 0. The van der Waals surface area contributed by atoms with Gasteiger partial charge in [0.05, 0.1) is 6.61 Å². The van der Waals surface area contributed by atoms with Crippen molar-refractivity contribution in [1.82, 2.24) is 5.32 Å². The molecule has 20 heavy (non-hydrogen) atoms. The van der Waals surface area contributed by atoms with Crippen molar-refractivity contribution < 1.29 is 4.74 Å². The number of benzene rings is 2. The van der Waals surface area contributed by atoms with Gasteiger partial charge >= 0.3 is 0 Å². The van der Waals surface area contributed by atoms with Gasteiger partial charge in [0.1, 0.15) is 5.75 Å². The molecular formula is C17H22ClNO. The first kappa shape index (κ1) is 15.1. The van der Waals surface area contributed by atoms with Crippen LogP contribution in [0.25, 0.3) is 10.8 Å². The molecule has 1 aliphatic rings. The second-order valence-electron chi connectivity index (χ2n) is 5.13. The van der Waals surface area contributed by atoms with Crippen molar-refractivity contribution >= 4 is 23.2 Å². The zero-order valence-corrected chi connectivity index (χ0v) is 12.7. The average Bonchev–Trinajstić information content (AvgIpc) is 2.48. The summed E-state index contributed by atoms with van der Waals surface area (Å²) in [5.41, 5.74) is 1.35. The van der Waals surface area contributed by atoms with E-state index in [1.807, 2.05) is 6.92 Å².